The first-order chi connectivity index (χ1) is 8.25. The van der Waals surface area contributed by atoms with E-state index in [1.165, 1.54) is 6.92 Å². The highest BCUT2D eigenvalue weighted by Gasteiger charge is 2.33. The summed E-state index contributed by atoms with van der Waals surface area (Å²) in [5.41, 5.74) is 4.48. The molecule has 4 nitrogen and oxygen atoms in total. The average Bonchev–Trinajstić information content (AvgIpc) is 2.27. The van der Waals surface area contributed by atoms with Crippen molar-refractivity contribution in [2.24, 2.45) is 5.73 Å². The molecule has 0 aromatic carbocycles. The van der Waals surface area contributed by atoms with Crippen molar-refractivity contribution >= 4 is 18.3 Å². The number of nitrogens with zero attached hydrogens (tertiary/aromatic N) is 1. The first kappa shape index (κ1) is 17.7. The van der Waals surface area contributed by atoms with Gasteiger partial charge in [0, 0.05) is 12.6 Å². The number of nitrogens with two attached hydrogens (primary N) is 1. The number of aromatic nitrogens is 1. The van der Waals surface area contributed by atoms with Crippen LogP contribution in [0.4, 0.5) is 13.2 Å². The van der Waals surface area contributed by atoms with Gasteiger partial charge in [0.25, 0.3) is 5.91 Å². The average molecular weight is 298 g/mol. The smallest absolute Gasteiger partial charge is 0.348 e. The van der Waals surface area contributed by atoms with E-state index < -0.39 is 17.8 Å². The first-order valence-corrected chi connectivity index (χ1v) is 5.31. The molecule has 0 saturated carbocycles. The lowest BCUT2D eigenvalue weighted by molar-refractivity contribution is -0.141. The second-order valence-electron chi connectivity index (χ2n) is 3.94. The maximum atomic E-state index is 12.4. The molecule has 1 aromatic rings. The summed E-state index contributed by atoms with van der Waals surface area (Å²) in [5.74, 6) is -0.480. The van der Waals surface area contributed by atoms with Crippen molar-refractivity contribution < 1.29 is 18.0 Å². The molecule has 1 aromatic heterocycles. The fourth-order valence-corrected chi connectivity index (χ4v) is 1.32. The van der Waals surface area contributed by atoms with Crippen LogP contribution in [0.2, 0.25) is 0 Å². The molecule has 0 spiro atoms. The van der Waals surface area contributed by atoms with E-state index in [4.69, 9.17) is 5.73 Å². The summed E-state index contributed by atoms with van der Waals surface area (Å²) in [5, 5.41) is 2.56. The molecule has 0 bridgehead atoms. The van der Waals surface area contributed by atoms with Crippen molar-refractivity contribution in [3.8, 4) is 0 Å². The van der Waals surface area contributed by atoms with E-state index in [0.717, 1.165) is 12.1 Å². The van der Waals surface area contributed by atoms with Gasteiger partial charge in [-0.15, -0.1) is 12.4 Å². The van der Waals surface area contributed by atoms with Crippen molar-refractivity contribution in [2.75, 3.05) is 6.54 Å². The number of aryl methyl sites for hydroxylation is 1. The highest BCUT2D eigenvalue weighted by atomic mass is 35.5. The van der Waals surface area contributed by atoms with Gasteiger partial charge in [-0.2, -0.15) is 13.2 Å². The van der Waals surface area contributed by atoms with Crippen LogP contribution >= 0.6 is 12.4 Å². The molecule has 1 heterocycles. The summed E-state index contributed by atoms with van der Waals surface area (Å²) < 4.78 is 37.2. The third-order valence-electron chi connectivity index (χ3n) is 2.35. The van der Waals surface area contributed by atoms with Gasteiger partial charge in [0.15, 0.2) is 0 Å². The molecule has 0 aliphatic heterocycles. The fraction of sp³-hybridized carbons (Fsp3) is 0.455. The molecule has 19 heavy (non-hydrogen) atoms. The monoisotopic (exact) mass is 297 g/mol. The molecule has 1 amide bonds. The molecule has 1 rings (SSSR count). The SMILES string of the molecule is Cc1nc(C(F)(F)F)ccc1C(=O)N[C@@H](C)CN.Cl. The van der Waals surface area contributed by atoms with Crippen LogP contribution in [-0.2, 0) is 6.18 Å². The van der Waals surface area contributed by atoms with Crippen LogP contribution in [0.1, 0.15) is 28.7 Å². The maximum Gasteiger partial charge on any atom is 0.433 e. The molecule has 108 valence electrons. The molecule has 1 atom stereocenters. The minimum atomic E-state index is -4.51. The maximum absolute atomic E-state index is 12.4. The Hall–Kier alpha value is -1.34. The largest absolute Gasteiger partial charge is 0.433 e. The molecule has 0 aliphatic carbocycles. The van der Waals surface area contributed by atoms with Gasteiger partial charge >= 0.3 is 6.18 Å². The summed E-state index contributed by atoms with van der Waals surface area (Å²) >= 11 is 0. The second kappa shape index (κ2) is 6.72. The quantitative estimate of drug-likeness (QED) is 0.895. The van der Waals surface area contributed by atoms with Crippen LogP contribution in [0, 0.1) is 6.92 Å². The zero-order valence-corrected chi connectivity index (χ0v) is 11.2. The van der Waals surface area contributed by atoms with Crippen molar-refractivity contribution in [1.29, 1.82) is 0 Å². The molecular formula is C11H15ClF3N3O. The lowest BCUT2D eigenvalue weighted by atomic mass is 10.1. The molecule has 3 N–H and O–H groups in total. The normalized spacial score (nSPS) is 12.5. The Morgan fingerprint density at radius 1 is 1.47 bits per heavy atom. The van der Waals surface area contributed by atoms with Crippen LogP contribution in [0.5, 0.6) is 0 Å². The summed E-state index contributed by atoms with van der Waals surface area (Å²) in [4.78, 5) is 15.1. The first-order valence-electron chi connectivity index (χ1n) is 5.31. The van der Waals surface area contributed by atoms with Gasteiger partial charge in [-0.25, -0.2) is 4.98 Å². The Balaban J connectivity index is 0.00000324. The van der Waals surface area contributed by atoms with Crippen molar-refractivity contribution in [3.05, 3.63) is 29.1 Å². The third-order valence-corrected chi connectivity index (χ3v) is 2.35. The lowest BCUT2D eigenvalue weighted by Gasteiger charge is -2.13. The van der Waals surface area contributed by atoms with E-state index in [2.05, 4.69) is 10.3 Å². The van der Waals surface area contributed by atoms with Crippen molar-refractivity contribution in [1.82, 2.24) is 10.3 Å². The highest BCUT2D eigenvalue weighted by molar-refractivity contribution is 5.95. The van der Waals surface area contributed by atoms with Crippen LogP contribution in [0.3, 0.4) is 0 Å². The number of carbonyl (C=O) groups is 1. The number of rotatable bonds is 3. The standard InChI is InChI=1S/C11H14F3N3O.ClH/c1-6(5-15)16-10(18)8-3-4-9(11(12,13)14)17-7(8)2;/h3-4,6H,5,15H2,1-2H3,(H,16,18);1H/t6-;/m0./s1. The number of halogens is 4. The zero-order valence-electron chi connectivity index (χ0n) is 10.4. The molecule has 0 radical (unpaired) electrons. The number of amides is 1. The van der Waals surface area contributed by atoms with Gasteiger partial charge in [-0.3, -0.25) is 4.79 Å². The topological polar surface area (TPSA) is 68.0 Å². The molecule has 0 unspecified atom stereocenters. The molecular weight excluding hydrogens is 283 g/mol. The van der Waals surface area contributed by atoms with E-state index in [1.54, 1.807) is 6.92 Å². The van der Waals surface area contributed by atoms with E-state index in [-0.39, 0.29) is 36.3 Å². The minimum absolute atomic E-state index is 0. The number of hydrogen-bond donors (Lipinski definition) is 2. The Kier molecular flexibility index (Phi) is 6.24. The van der Waals surface area contributed by atoms with Crippen molar-refractivity contribution in [3.63, 3.8) is 0 Å². The van der Waals surface area contributed by atoms with Gasteiger partial charge in [-0.05, 0) is 26.0 Å². The number of nitrogens with one attached hydrogen (secondary N) is 1. The predicted molar refractivity (Wildman–Crippen MR) is 67.2 cm³/mol. The molecule has 0 saturated heterocycles. The predicted octanol–water partition coefficient (Wildman–Crippen LogP) is 1.91. The van der Waals surface area contributed by atoms with Crippen LogP contribution < -0.4 is 11.1 Å². The zero-order chi connectivity index (χ0) is 13.9. The number of alkyl halides is 3. The van der Waals surface area contributed by atoms with Crippen LogP contribution in [-0.4, -0.2) is 23.5 Å². The Morgan fingerprint density at radius 2 is 2.05 bits per heavy atom. The molecule has 8 heteroatoms. The Labute approximate surface area is 115 Å². The number of hydrogen-bond acceptors (Lipinski definition) is 3. The van der Waals surface area contributed by atoms with E-state index >= 15 is 0 Å². The van der Waals surface area contributed by atoms with E-state index in [9.17, 15) is 18.0 Å². The van der Waals surface area contributed by atoms with E-state index in [0.29, 0.717) is 0 Å². The van der Waals surface area contributed by atoms with Crippen LogP contribution in [0.15, 0.2) is 12.1 Å². The van der Waals surface area contributed by atoms with Gasteiger partial charge in [-0.1, -0.05) is 0 Å². The summed E-state index contributed by atoms with van der Waals surface area (Å²) in [7, 11) is 0. The summed E-state index contributed by atoms with van der Waals surface area (Å²) in [6, 6.07) is 1.65. The van der Waals surface area contributed by atoms with Gasteiger partial charge < -0.3 is 11.1 Å². The Bertz CT molecular complexity index is 451. The van der Waals surface area contributed by atoms with Crippen LogP contribution in [0.25, 0.3) is 0 Å². The Morgan fingerprint density at radius 3 is 2.47 bits per heavy atom. The second-order valence-corrected chi connectivity index (χ2v) is 3.94. The van der Waals surface area contributed by atoms with Crippen molar-refractivity contribution in [2.45, 2.75) is 26.1 Å². The van der Waals surface area contributed by atoms with Gasteiger partial charge in [0.2, 0.25) is 0 Å². The third kappa shape index (κ3) is 4.68. The summed E-state index contributed by atoms with van der Waals surface area (Å²) in [6.07, 6.45) is -4.51. The number of pyridine rings is 1. The lowest BCUT2D eigenvalue weighted by Crippen LogP contribution is -2.38. The van der Waals surface area contributed by atoms with Gasteiger partial charge in [0.05, 0.1) is 11.3 Å². The van der Waals surface area contributed by atoms with E-state index in [1.807, 2.05) is 0 Å². The molecule has 0 fully saturated rings. The fourth-order valence-electron chi connectivity index (χ4n) is 1.32. The molecule has 0 aliphatic rings. The minimum Gasteiger partial charge on any atom is -0.348 e. The number of carbonyl (C=O) groups excluding carboxylic acids is 1. The summed E-state index contributed by atoms with van der Waals surface area (Å²) in [6.45, 7) is 3.31. The highest BCUT2D eigenvalue weighted by Crippen LogP contribution is 2.28. The van der Waals surface area contributed by atoms with Gasteiger partial charge in [0.1, 0.15) is 5.69 Å².